The summed E-state index contributed by atoms with van der Waals surface area (Å²) in [5, 5.41) is 6.60. The van der Waals surface area contributed by atoms with Crippen LogP contribution in [0.15, 0.2) is 32.5 Å². The molecule has 1 unspecified atom stereocenters. The molecular weight excluding hydrogens is 360 g/mol. The van der Waals surface area contributed by atoms with Gasteiger partial charge in [0.15, 0.2) is 21.3 Å². The highest BCUT2D eigenvalue weighted by atomic mass is 32.2. The van der Waals surface area contributed by atoms with Crippen LogP contribution in [0.25, 0.3) is 11.0 Å². The standard InChI is InChI=1S/C17H20N2O6S/c1-11-10-26(21,22)5-4-19(11)18-9-13-6-12-7-15(23-2)16(24-3)8-14(12)25-17(13)20/h6-9,11H,4-5,10H2,1-3H3/b18-9+. The van der Waals surface area contributed by atoms with E-state index in [9.17, 15) is 13.2 Å². The summed E-state index contributed by atoms with van der Waals surface area (Å²) < 4.78 is 39.1. The Bertz CT molecular complexity index is 1010. The van der Waals surface area contributed by atoms with Crippen molar-refractivity contribution in [2.75, 3.05) is 32.3 Å². The minimum Gasteiger partial charge on any atom is -0.493 e. The van der Waals surface area contributed by atoms with Gasteiger partial charge < -0.3 is 13.9 Å². The Kier molecular flexibility index (Phi) is 4.90. The number of fused-ring (bicyclic) bond motifs is 1. The molecule has 1 aliphatic heterocycles. The number of hydrogen-bond acceptors (Lipinski definition) is 8. The van der Waals surface area contributed by atoms with Gasteiger partial charge in [-0.3, -0.25) is 5.01 Å². The molecular formula is C17H20N2O6S. The third-order valence-corrected chi connectivity index (χ3v) is 6.04. The van der Waals surface area contributed by atoms with Crippen LogP contribution in [0, 0.1) is 0 Å². The molecule has 1 aliphatic rings. The number of benzene rings is 1. The molecule has 0 saturated carbocycles. The number of methoxy groups -OCH3 is 2. The van der Waals surface area contributed by atoms with E-state index in [2.05, 4.69) is 5.10 Å². The molecule has 1 fully saturated rings. The molecule has 26 heavy (non-hydrogen) atoms. The summed E-state index contributed by atoms with van der Waals surface area (Å²) in [5.41, 5.74) is 0.110. The van der Waals surface area contributed by atoms with Crippen molar-refractivity contribution in [3.8, 4) is 11.5 Å². The van der Waals surface area contributed by atoms with Crippen LogP contribution in [0.1, 0.15) is 12.5 Å². The van der Waals surface area contributed by atoms with E-state index >= 15 is 0 Å². The molecule has 1 aromatic heterocycles. The van der Waals surface area contributed by atoms with Gasteiger partial charge in [-0.2, -0.15) is 5.10 Å². The van der Waals surface area contributed by atoms with Crippen LogP contribution in [-0.2, 0) is 9.84 Å². The third-order valence-electron chi connectivity index (χ3n) is 4.25. The fourth-order valence-corrected chi connectivity index (χ4v) is 4.39. The minimum atomic E-state index is -3.02. The van der Waals surface area contributed by atoms with Crippen LogP contribution in [-0.4, -0.2) is 58.0 Å². The van der Waals surface area contributed by atoms with Crippen molar-refractivity contribution in [1.82, 2.24) is 5.01 Å². The lowest BCUT2D eigenvalue weighted by molar-refractivity contribution is 0.239. The number of hydrazone groups is 1. The predicted octanol–water partition coefficient (Wildman–Crippen LogP) is 1.26. The average molecular weight is 380 g/mol. The zero-order valence-electron chi connectivity index (χ0n) is 14.8. The number of ether oxygens (including phenoxy) is 2. The van der Waals surface area contributed by atoms with E-state index in [0.717, 1.165) is 0 Å². The maximum absolute atomic E-state index is 12.2. The molecule has 0 aliphatic carbocycles. The van der Waals surface area contributed by atoms with Gasteiger partial charge in [0.25, 0.3) is 0 Å². The van der Waals surface area contributed by atoms with Gasteiger partial charge >= 0.3 is 5.63 Å². The molecule has 1 saturated heterocycles. The van der Waals surface area contributed by atoms with E-state index < -0.39 is 15.5 Å². The zero-order valence-corrected chi connectivity index (χ0v) is 15.6. The maximum Gasteiger partial charge on any atom is 0.345 e. The van der Waals surface area contributed by atoms with E-state index in [-0.39, 0.29) is 23.1 Å². The lowest BCUT2D eigenvalue weighted by atomic mass is 10.1. The molecule has 2 aromatic rings. The van der Waals surface area contributed by atoms with Crippen LogP contribution >= 0.6 is 0 Å². The average Bonchev–Trinajstić information content (AvgIpc) is 2.59. The van der Waals surface area contributed by atoms with Crippen molar-refractivity contribution in [1.29, 1.82) is 0 Å². The Balaban J connectivity index is 1.93. The Morgan fingerprint density at radius 3 is 2.58 bits per heavy atom. The van der Waals surface area contributed by atoms with E-state index in [4.69, 9.17) is 13.9 Å². The van der Waals surface area contributed by atoms with Gasteiger partial charge in [-0.05, 0) is 19.1 Å². The van der Waals surface area contributed by atoms with Gasteiger partial charge in [-0.15, -0.1) is 0 Å². The summed E-state index contributed by atoms with van der Waals surface area (Å²) in [6, 6.07) is 4.71. The van der Waals surface area contributed by atoms with Crippen molar-refractivity contribution in [3.63, 3.8) is 0 Å². The largest absolute Gasteiger partial charge is 0.493 e. The second kappa shape index (κ2) is 6.99. The van der Waals surface area contributed by atoms with Crippen molar-refractivity contribution in [3.05, 3.63) is 34.2 Å². The lowest BCUT2D eigenvalue weighted by Gasteiger charge is -2.30. The second-order valence-electron chi connectivity index (χ2n) is 6.11. The van der Waals surface area contributed by atoms with Gasteiger partial charge in [-0.25, -0.2) is 13.2 Å². The Morgan fingerprint density at radius 2 is 1.92 bits per heavy atom. The number of rotatable bonds is 4. The predicted molar refractivity (Wildman–Crippen MR) is 98.0 cm³/mol. The highest BCUT2D eigenvalue weighted by Crippen LogP contribution is 2.31. The van der Waals surface area contributed by atoms with Crippen molar-refractivity contribution in [2.45, 2.75) is 13.0 Å². The molecule has 0 N–H and O–H groups in total. The Morgan fingerprint density at radius 1 is 1.23 bits per heavy atom. The van der Waals surface area contributed by atoms with Crippen LogP contribution in [0.5, 0.6) is 11.5 Å². The highest BCUT2D eigenvalue weighted by Gasteiger charge is 2.27. The monoisotopic (exact) mass is 380 g/mol. The number of hydrogen-bond donors (Lipinski definition) is 0. The molecule has 0 spiro atoms. The molecule has 8 nitrogen and oxygen atoms in total. The molecule has 140 valence electrons. The van der Waals surface area contributed by atoms with Gasteiger partial charge in [0, 0.05) is 11.5 Å². The molecule has 2 heterocycles. The first-order valence-electron chi connectivity index (χ1n) is 8.04. The molecule has 1 atom stereocenters. The first kappa shape index (κ1) is 18.2. The van der Waals surface area contributed by atoms with Crippen molar-refractivity contribution >= 4 is 27.0 Å². The SMILES string of the molecule is COc1cc2cc(/C=N/N3CCS(=O)(=O)CC3C)c(=O)oc2cc1OC. The zero-order chi connectivity index (χ0) is 18.9. The normalized spacial score (nSPS) is 19.8. The summed E-state index contributed by atoms with van der Waals surface area (Å²) in [7, 11) is 0.00686. The van der Waals surface area contributed by atoms with Crippen LogP contribution in [0.2, 0.25) is 0 Å². The fraction of sp³-hybridized carbons (Fsp3) is 0.412. The van der Waals surface area contributed by atoms with Crippen molar-refractivity contribution in [2.24, 2.45) is 5.10 Å². The number of nitrogens with zero attached hydrogens (tertiary/aromatic N) is 2. The second-order valence-corrected chi connectivity index (χ2v) is 8.33. The van der Waals surface area contributed by atoms with E-state index in [1.165, 1.54) is 20.4 Å². The molecule has 3 rings (SSSR count). The highest BCUT2D eigenvalue weighted by molar-refractivity contribution is 7.91. The van der Waals surface area contributed by atoms with Gasteiger partial charge in [0.1, 0.15) is 5.58 Å². The first-order chi connectivity index (χ1) is 12.3. The Hall–Kier alpha value is -2.55. The van der Waals surface area contributed by atoms with E-state index in [1.807, 2.05) is 0 Å². The minimum absolute atomic E-state index is 0.0493. The molecule has 0 radical (unpaired) electrons. The molecule has 0 bridgehead atoms. The summed E-state index contributed by atoms with van der Waals surface area (Å²) in [4.78, 5) is 12.2. The maximum atomic E-state index is 12.2. The topological polar surface area (TPSA) is 98.4 Å². The van der Waals surface area contributed by atoms with E-state index in [0.29, 0.717) is 29.0 Å². The summed E-state index contributed by atoms with van der Waals surface area (Å²) in [5.74, 6) is 1.09. The third kappa shape index (κ3) is 3.67. The van der Waals surface area contributed by atoms with Crippen LogP contribution in [0.3, 0.4) is 0 Å². The van der Waals surface area contributed by atoms with Crippen LogP contribution in [0.4, 0.5) is 0 Å². The van der Waals surface area contributed by atoms with Gasteiger partial charge in [0.05, 0.1) is 50.1 Å². The van der Waals surface area contributed by atoms with Gasteiger partial charge in [-0.1, -0.05) is 0 Å². The molecule has 9 heteroatoms. The number of sulfone groups is 1. The summed E-state index contributed by atoms with van der Waals surface area (Å²) in [6.45, 7) is 2.08. The van der Waals surface area contributed by atoms with Gasteiger partial charge in [0.2, 0.25) is 0 Å². The summed E-state index contributed by atoms with van der Waals surface area (Å²) >= 11 is 0. The quantitative estimate of drug-likeness (QED) is 0.582. The first-order valence-corrected chi connectivity index (χ1v) is 9.86. The Labute approximate surface area is 150 Å². The fourth-order valence-electron chi connectivity index (χ4n) is 2.85. The smallest absolute Gasteiger partial charge is 0.345 e. The van der Waals surface area contributed by atoms with E-state index in [1.54, 1.807) is 30.1 Å². The van der Waals surface area contributed by atoms with Crippen LogP contribution < -0.4 is 15.1 Å². The lowest BCUT2D eigenvalue weighted by Crippen LogP contribution is -2.43. The summed E-state index contributed by atoms with van der Waals surface area (Å²) in [6.07, 6.45) is 1.40. The van der Waals surface area contributed by atoms with Crippen molar-refractivity contribution < 1.29 is 22.3 Å². The molecule has 0 amide bonds. The molecule has 1 aromatic carbocycles.